The second kappa shape index (κ2) is 7.75. The summed E-state index contributed by atoms with van der Waals surface area (Å²) in [5.74, 6) is -1.59. The molecule has 0 bridgehead atoms. The van der Waals surface area contributed by atoms with Gasteiger partial charge >= 0.3 is 11.9 Å². The molecule has 0 aromatic heterocycles. The van der Waals surface area contributed by atoms with Crippen LogP contribution in [0.5, 0.6) is 0 Å². The number of benzene rings is 1. The van der Waals surface area contributed by atoms with Crippen LogP contribution in [0, 0.1) is 5.92 Å². The van der Waals surface area contributed by atoms with Gasteiger partial charge in [-0.05, 0) is 31.5 Å². The first-order valence-corrected chi connectivity index (χ1v) is 7.10. The van der Waals surface area contributed by atoms with Crippen molar-refractivity contribution in [3.8, 4) is 0 Å². The largest absolute Gasteiger partial charge is 0.480 e. The van der Waals surface area contributed by atoms with Crippen molar-refractivity contribution in [3.05, 3.63) is 35.9 Å². The lowest BCUT2D eigenvalue weighted by molar-refractivity contribution is -0.162. The van der Waals surface area contributed by atoms with E-state index in [1.165, 1.54) is 0 Å². The van der Waals surface area contributed by atoms with Crippen molar-refractivity contribution < 1.29 is 19.5 Å². The van der Waals surface area contributed by atoms with Crippen LogP contribution < -0.4 is 10.8 Å². The summed E-state index contributed by atoms with van der Waals surface area (Å²) in [4.78, 5) is 28.1. The van der Waals surface area contributed by atoms with Crippen molar-refractivity contribution >= 4 is 11.9 Å². The molecule has 6 nitrogen and oxygen atoms in total. The Labute approximate surface area is 123 Å². The fourth-order valence-corrected chi connectivity index (χ4v) is 2.30. The Hall–Kier alpha value is -1.92. The molecule has 1 aromatic carbocycles. The third kappa shape index (κ3) is 4.84. The first-order chi connectivity index (χ1) is 10.2. The molecule has 0 saturated carbocycles. The van der Waals surface area contributed by atoms with E-state index in [9.17, 15) is 14.7 Å². The number of hydrogen-bond donors (Lipinski definition) is 3. The number of nitrogens with one attached hydrogen (secondary N) is 2. The number of hydroxylamine groups is 1. The first kappa shape index (κ1) is 15.5. The zero-order chi connectivity index (χ0) is 15.1. The van der Waals surface area contributed by atoms with E-state index in [4.69, 9.17) is 4.84 Å². The minimum Gasteiger partial charge on any atom is -0.480 e. The Morgan fingerprint density at radius 3 is 2.57 bits per heavy atom. The topological polar surface area (TPSA) is 87.7 Å². The number of carbonyl (C=O) groups excluding carboxylic acids is 1. The summed E-state index contributed by atoms with van der Waals surface area (Å²) in [6.07, 6.45) is 1.70. The highest BCUT2D eigenvalue weighted by atomic mass is 16.7. The molecular weight excluding hydrogens is 272 g/mol. The van der Waals surface area contributed by atoms with E-state index < -0.39 is 12.0 Å². The Kier molecular flexibility index (Phi) is 5.71. The zero-order valence-electron chi connectivity index (χ0n) is 11.7. The summed E-state index contributed by atoms with van der Waals surface area (Å²) in [5.41, 5.74) is 3.27. The lowest BCUT2D eigenvalue weighted by atomic mass is 9.99. The van der Waals surface area contributed by atoms with Gasteiger partial charge in [-0.15, -0.1) is 5.48 Å². The molecule has 1 heterocycles. The fraction of sp³-hybridized carbons (Fsp3) is 0.467. The summed E-state index contributed by atoms with van der Waals surface area (Å²) in [6.45, 7) is 1.57. The van der Waals surface area contributed by atoms with Crippen LogP contribution in [0.25, 0.3) is 0 Å². The van der Waals surface area contributed by atoms with Crippen LogP contribution >= 0.6 is 0 Å². The average molecular weight is 292 g/mol. The van der Waals surface area contributed by atoms with Gasteiger partial charge in [0.15, 0.2) is 0 Å². The molecular formula is C15H20N2O4. The molecule has 1 aliphatic rings. The zero-order valence-corrected chi connectivity index (χ0v) is 11.7. The van der Waals surface area contributed by atoms with Crippen LogP contribution in [0.1, 0.15) is 18.4 Å². The van der Waals surface area contributed by atoms with Crippen LogP contribution in [0.3, 0.4) is 0 Å². The molecule has 0 unspecified atom stereocenters. The van der Waals surface area contributed by atoms with Crippen molar-refractivity contribution in [3.63, 3.8) is 0 Å². The number of carboxylic acids is 1. The van der Waals surface area contributed by atoms with Crippen LogP contribution in [0.4, 0.5) is 0 Å². The van der Waals surface area contributed by atoms with Crippen LogP contribution in [0.15, 0.2) is 30.3 Å². The smallest absolute Gasteiger partial charge is 0.327 e. The van der Waals surface area contributed by atoms with E-state index in [2.05, 4.69) is 10.8 Å². The minimum absolute atomic E-state index is 0.162. The highest BCUT2D eigenvalue weighted by Crippen LogP contribution is 2.13. The average Bonchev–Trinajstić information content (AvgIpc) is 2.52. The van der Waals surface area contributed by atoms with E-state index in [1.54, 1.807) is 0 Å². The van der Waals surface area contributed by atoms with Crippen molar-refractivity contribution in [2.24, 2.45) is 5.92 Å². The molecule has 1 atom stereocenters. The number of carboxylic acid groups (broad SMARTS) is 1. The molecule has 0 radical (unpaired) electrons. The van der Waals surface area contributed by atoms with E-state index in [0.29, 0.717) is 0 Å². The van der Waals surface area contributed by atoms with Gasteiger partial charge in [0.25, 0.3) is 0 Å². The maximum atomic E-state index is 11.9. The SMILES string of the molecule is O=C(ON[C@@H](Cc1ccccc1)C(=O)O)C1CCNCC1. The third-order valence-electron chi connectivity index (χ3n) is 3.56. The van der Waals surface area contributed by atoms with Gasteiger partial charge in [-0.1, -0.05) is 30.3 Å². The second-order valence-electron chi connectivity index (χ2n) is 5.14. The fourth-order valence-electron chi connectivity index (χ4n) is 2.30. The van der Waals surface area contributed by atoms with Gasteiger partial charge in [-0.25, -0.2) is 0 Å². The molecule has 3 N–H and O–H groups in total. The minimum atomic E-state index is -1.04. The summed E-state index contributed by atoms with van der Waals surface area (Å²) in [7, 11) is 0. The highest BCUT2D eigenvalue weighted by molar-refractivity contribution is 5.75. The molecule has 114 valence electrons. The van der Waals surface area contributed by atoms with E-state index in [0.717, 1.165) is 31.5 Å². The van der Waals surface area contributed by atoms with Gasteiger partial charge < -0.3 is 15.3 Å². The molecule has 21 heavy (non-hydrogen) atoms. The van der Waals surface area contributed by atoms with Crippen molar-refractivity contribution in [2.45, 2.75) is 25.3 Å². The monoisotopic (exact) mass is 292 g/mol. The number of carbonyl (C=O) groups is 2. The van der Waals surface area contributed by atoms with Gasteiger partial charge in [0.05, 0.1) is 5.92 Å². The molecule has 1 aromatic rings. The molecule has 2 rings (SSSR count). The van der Waals surface area contributed by atoms with E-state index in [-0.39, 0.29) is 18.3 Å². The van der Waals surface area contributed by atoms with Crippen LogP contribution in [0.2, 0.25) is 0 Å². The van der Waals surface area contributed by atoms with Crippen LogP contribution in [-0.4, -0.2) is 36.2 Å². The quantitative estimate of drug-likeness (QED) is 0.670. The maximum Gasteiger partial charge on any atom is 0.327 e. The van der Waals surface area contributed by atoms with Gasteiger partial charge in [0.1, 0.15) is 6.04 Å². The highest BCUT2D eigenvalue weighted by Gasteiger charge is 2.25. The second-order valence-corrected chi connectivity index (χ2v) is 5.14. The van der Waals surface area contributed by atoms with Gasteiger partial charge in [0.2, 0.25) is 0 Å². The normalized spacial score (nSPS) is 17.1. The summed E-state index contributed by atoms with van der Waals surface area (Å²) in [6, 6.07) is 8.28. The lowest BCUT2D eigenvalue weighted by Crippen LogP contribution is -2.42. The number of aliphatic carboxylic acids is 1. The summed E-state index contributed by atoms with van der Waals surface area (Å²) < 4.78 is 0. The number of piperidine rings is 1. The van der Waals surface area contributed by atoms with Gasteiger partial charge in [-0.3, -0.25) is 9.59 Å². The standard InChI is InChI=1S/C15H20N2O4/c18-14(19)13(10-11-4-2-1-3-5-11)17-21-15(20)12-6-8-16-9-7-12/h1-5,12-13,16-17H,6-10H2,(H,18,19)/t13-/m0/s1. The van der Waals surface area contributed by atoms with Gasteiger partial charge in [-0.2, -0.15) is 0 Å². The molecule has 6 heteroatoms. The lowest BCUT2D eigenvalue weighted by Gasteiger charge is -2.22. The molecule has 0 amide bonds. The van der Waals surface area contributed by atoms with E-state index >= 15 is 0 Å². The van der Waals surface area contributed by atoms with Crippen molar-refractivity contribution in [1.82, 2.24) is 10.8 Å². The Balaban J connectivity index is 1.85. The van der Waals surface area contributed by atoms with Crippen LogP contribution in [-0.2, 0) is 20.8 Å². The first-order valence-electron chi connectivity index (χ1n) is 7.10. The molecule has 1 fully saturated rings. The molecule has 0 spiro atoms. The van der Waals surface area contributed by atoms with Crippen molar-refractivity contribution in [2.75, 3.05) is 13.1 Å². The molecule has 0 aliphatic carbocycles. The predicted octanol–water partition coefficient (Wildman–Crippen LogP) is 0.730. The Bertz CT molecular complexity index is 472. The third-order valence-corrected chi connectivity index (χ3v) is 3.56. The number of rotatable bonds is 6. The van der Waals surface area contributed by atoms with Gasteiger partial charge in [0, 0.05) is 6.42 Å². The van der Waals surface area contributed by atoms with E-state index in [1.807, 2.05) is 30.3 Å². The Morgan fingerprint density at radius 1 is 1.29 bits per heavy atom. The van der Waals surface area contributed by atoms with Crippen molar-refractivity contribution in [1.29, 1.82) is 0 Å². The molecule has 1 saturated heterocycles. The predicted molar refractivity (Wildman–Crippen MR) is 76.4 cm³/mol. The maximum absolute atomic E-state index is 11.9. The Morgan fingerprint density at radius 2 is 1.95 bits per heavy atom. The summed E-state index contributed by atoms with van der Waals surface area (Å²) >= 11 is 0. The molecule has 1 aliphatic heterocycles. The summed E-state index contributed by atoms with van der Waals surface area (Å²) in [5, 5.41) is 12.4. The number of hydrogen-bond acceptors (Lipinski definition) is 5.